The van der Waals surface area contributed by atoms with Crippen LogP contribution in [0.5, 0.6) is 0 Å². The standard InChI is InChI=1S/C28H39N3O.2C12H8N2.Ru/c1-2-3-4-5-6-7-8-9-10-16-26(32)29-20-12-11-14-23-19-22-31-28-25(23)18-17-24-15-13-21-30-27(24)28;2*1-3-9-5-6-10-4-2-8-14-12(10)11(9)13-7-1;/h13,15,17-19,21-22H,2-12,14,16,20H2,1H3,(H,29,32);2*1-8H;. The maximum Gasteiger partial charge on any atom is 0.219 e. The Kier molecular flexibility index (Phi) is 17.5. The number of aryl methyl sites for hydroxylation is 1. The molecule has 0 spiro atoms. The molecule has 61 heavy (non-hydrogen) atoms. The Morgan fingerprint density at radius 2 is 0.820 bits per heavy atom. The molecule has 3 aromatic carbocycles. The molecule has 9 rings (SSSR count). The average molecular weight is 895 g/mol. The van der Waals surface area contributed by atoms with E-state index in [-0.39, 0.29) is 25.4 Å². The number of hydrogen-bond donors (Lipinski definition) is 1. The fourth-order valence-corrected chi connectivity index (χ4v) is 7.74. The number of nitrogens with one attached hydrogen (secondary N) is 1. The van der Waals surface area contributed by atoms with Gasteiger partial charge >= 0.3 is 0 Å². The number of rotatable bonds is 15. The first-order valence-corrected chi connectivity index (χ1v) is 21.7. The molecule has 1 N–H and O–H groups in total. The van der Waals surface area contributed by atoms with Crippen LogP contribution in [0.4, 0.5) is 0 Å². The van der Waals surface area contributed by atoms with E-state index in [0.717, 1.165) is 92.3 Å². The number of pyridine rings is 6. The van der Waals surface area contributed by atoms with Gasteiger partial charge in [0, 0.05) is 102 Å². The van der Waals surface area contributed by atoms with Gasteiger partial charge in [0.05, 0.1) is 33.1 Å². The van der Waals surface area contributed by atoms with E-state index in [4.69, 9.17) is 0 Å². The molecule has 6 heterocycles. The van der Waals surface area contributed by atoms with Crippen LogP contribution in [-0.4, -0.2) is 42.4 Å². The molecule has 0 saturated heterocycles. The topological polar surface area (TPSA) is 106 Å². The summed E-state index contributed by atoms with van der Waals surface area (Å²) in [6.45, 7) is 3.02. The summed E-state index contributed by atoms with van der Waals surface area (Å²) in [6, 6.07) is 34.7. The van der Waals surface area contributed by atoms with E-state index in [1.807, 2.05) is 42.7 Å². The van der Waals surface area contributed by atoms with E-state index < -0.39 is 0 Å². The van der Waals surface area contributed by atoms with Crippen molar-refractivity contribution in [3.63, 3.8) is 0 Å². The summed E-state index contributed by atoms with van der Waals surface area (Å²) in [7, 11) is 0. The van der Waals surface area contributed by atoms with Crippen molar-refractivity contribution in [1.82, 2.24) is 35.2 Å². The van der Waals surface area contributed by atoms with Crippen molar-refractivity contribution in [2.24, 2.45) is 0 Å². The predicted molar refractivity (Wildman–Crippen MR) is 249 cm³/mol. The van der Waals surface area contributed by atoms with Crippen molar-refractivity contribution < 1.29 is 24.3 Å². The van der Waals surface area contributed by atoms with Gasteiger partial charge in [0.2, 0.25) is 5.91 Å². The third kappa shape index (κ3) is 12.4. The molecule has 9 heteroatoms. The number of benzene rings is 3. The molecule has 0 saturated carbocycles. The van der Waals surface area contributed by atoms with Gasteiger partial charge in [0.1, 0.15) is 0 Å². The van der Waals surface area contributed by atoms with Crippen LogP contribution in [-0.2, 0) is 30.7 Å². The molecule has 8 nitrogen and oxygen atoms in total. The van der Waals surface area contributed by atoms with Gasteiger partial charge in [0.15, 0.2) is 0 Å². The summed E-state index contributed by atoms with van der Waals surface area (Å²) < 4.78 is 0. The molecular weight excluding hydrogens is 840 g/mol. The Balaban J connectivity index is 0.000000175. The van der Waals surface area contributed by atoms with Crippen molar-refractivity contribution in [2.45, 2.75) is 90.4 Å². The third-order valence-corrected chi connectivity index (χ3v) is 11.0. The van der Waals surface area contributed by atoms with E-state index in [1.165, 1.54) is 62.3 Å². The Morgan fingerprint density at radius 1 is 0.426 bits per heavy atom. The molecule has 0 aliphatic carbocycles. The molecule has 312 valence electrons. The molecule has 0 unspecified atom stereocenters. The minimum absolute atomic E-state index is 0. The van der Waals surface area contributed by atoms with Crippen LogP contribution in [0.25, 0.3) is 65.4 Å². The second kappa shape index (κ2) is 23.9. The zero-order chi connectivity index (χ0) is 41.2. The first kappa shape index (κ1) is 44.8. The van der Waals surface area contributed by atoms with Gasteiger partial charge in [-0.15, -0.1) is 0 Å². The van der Waals surface area contributed by atoms with Crippen molar-refractivity contribution in [1.29, 1.82) is 0 Å². The summed E-state index contributed by atoms with van der Waals surface area (Å²) in [6.07, 6.45) is 26.2. The van der Waals surface area contributed by atoms with Gasteiger partial charge < -0.3 is 5.32 Å². The van der Waals surface area contributed by atoms with Crippen LogP contribution >= 0.6 is 0 Å². The number of amides is 1. The van der Waals surface area contributed by atoms with Crippen LogP contribution in [0.15, 0.2) is 140 Å². The van der Waals surface area contributed by atoms with Gasteiger partial charge in [-0.25, -0.2) is 0 Å². The third-order valence-electron chi connectivity index (χ3n) is 11.0. The van der Waals surface area contributed by atoms with Crippen molar-refractivity contribution in [3.8, 4) is 0 Å². The molecule has 0 bridgehead atoms. The zero-order valence-electron chi connectivity index (χ0n) is 35.1. The smallest absolute Gasteiger partial charge is 0.219 e. The van der Waals surface area contributed by atoms with Crippen LogP contribution < -0.4 is 5.32 Å². The van der Waals surface area contributed by atoms with Crippen molar-refractivity contribution in [2.75, 3.05) is 6.54 Å². The van der Waals surface area contributed by atoms with Crippen molar-refractivity contribution >= 4 is 71.3 Å². The molecule has 0 radical (unpaired) electrons. The Bertz CT molecular complexity index is 2560. The molecule has 0 aliphatic rings. The van der Waals surface area contributed by atoms with Crippen LogP contribution in [0, 0.1) is 0 Å². The number of unbranched alkanes of at least 4 members (excludes halogenated alkanes) is 9. The van der Waals surface area contributed by atoms with Gasteiger partial charge in [-0.1, -0.05) is 125 Å². The van der Waals surface area contributed by atoms with E-state index in [0.29, 0.717) is 6.42 Å². The molecule has 6 aromatic heterocycles. The normalized spacial score (nSPS) is 10.9. The van der Waals surface area contributed by atoms with Gasteiger partial charge in [-0.2, -0.15) is 0 Å². The number of nitrogens with zero attached hydrogens (tertiary/aromatic N) is 6. The first-order chi connectivity index (χ1) is 29.7. The Labute approximate surface area is 371 Å². The number of hydrogen-bond acceptors (Lipinski definition) is 7. The number of aromatic nitrogens is 6. The summed E-state index contributed by atoms with van der Waals surface area (Å²) in [5.41, 5.74) is 7.17. The Morgan fingerprint density at radius 3 is 1.28 bits per heavy atom. The molecule has 0 aliphatic heterocycles. The van der Waals surface area contributed by atoms with Gasteiger partial charge in [0.25, 0.3) is 0 Å². The average Bonchev–Trinajstić information content (AvgIpc) is 3.31. The summed E-state index contributed by atoms with van der Waals surface area (Å²) in [4.78, 5) is 38.6. The minimum atomic E-state index is 0. The summed E-state index contributed by atoms with van der Waals surface area (Å²) in [5, 5.41) is 9.96. The molecule has 9 aromatic rings. The fourth-order valence-electron chi connectivity index (χ4n) is 7.74. The second-order valence-electron chi connectivity index (χ2n) is 15.3. The van der Waals surface area contributed by atoms with Gasteiger partial charge in [-0.05, 0) is 67.6 Å². The quantitative estimate of drug-likeness (QED) is 0.0620. The summed E-state index contributed by atoms with van der Waals surface area (Å²) in [5.74, 6) is 0.208. The number of fused-ring (bicyclic) bond motifs is 9. The predicted octanol–water partition coefficient (Wildman–Crippen LogP) is 12.7. The van der Waals surface area contributed by atoms with Crippen LogP contribution in [0.2, 0.25) is 0 Å². The monoisotopic (exact) mass is 895 g/mol. The van der Waals surface area contributed by atoms with E-state index in [1.54, 1.807) is 24.8 Å². The van der Waals surface area contributed by atoms with E-state index >= 15 is 0 Å². The van der Waals surface area contributed by atoms with E-state index in [9.17, 15) is 4.79 Å². The largest absolute Gasteiger partial charge is 0.356 e. The van der Waals surface area contributed by atoms with Crippen LogP contribution in [0.1, 0.15) is 89.5 Å². The van der Waals surface area contributed by atoms with E-state index in [2.05, 4.69) is 115 Å². The minimum Gasteiger partial charge on any atom is -0.356 e. The molecule has 0 fully saturated rings. The van der Waals surface area contributed by atoms with Crippen LogP contribution in [0.3, 0.4) is 0 Å². The molecule has 0 atom stereocenters. The van der Waals surface area contributed by atoms with Gasteiger partial charge in [-0.3, -0.25) is 34.7 Å². The first-order valence-electron chi connectivity index (χ1n) is 21.7. The molecular formula is C52H55N7ORu. The molecule has 1 amide bonds. The van der Waals surface area contributed by atoms with Crippen molar-refractivity contribution in [3.05, 3.63) is 146 Å². The fraction of sp³-hybridized carbons (Fsp3) is 0.288. The Hall–Kier alpha value is -5.79. The maximum atomic E-state index is 12.1. The zero-order valence-corrected chi connectivity index (χ0v) is 36.9. The number of carbonyl (C=O) groups is 1. The summed E-state index contributed by atoms with van der Waals surface area (Å²) >= 11 is 0. The maximum absolute atomic E-state index is 12.1. The second-order valence-corrected chi connectivity index (χ2v) is 15.3. The SMILES string of the molecule is CCCCCCCCCCCC(=O)NCCCCc1ccnc2c1ccc1cccnc12.[Ru].c1cnc2c(c1)ccc1cccnc12.c1cnc2c(c1)ccc1cccnc12. The number of carbonyl (C=O) groups excluding carboxylic acids is 1.